The highest BCUT2D eigenvalue weighted by Crippen LogP contribution is 2.31. The molecule has 4 rings (SSSR count). The lowest BCUT2D eigenvalue weighted by atomic mass is 10.0. The Kier molecular flexibility index (Phi) is 10.7. The van der Waals surface area contributed by atoms with Gasteiger partial charge in [0.15, 0.2) is 24.6 Å². The summed E-state index contributed by atoms with van der Waals surface area (Å²) >= 11 is 0. The molecule has 0 radical (unpaired) electrons. The van der Waals surface area contributed by atoms with E-state index < -0.39 is 61.2 Å². The number of hydrogen-bond acceptors (Lipinski definition) is 11. The summed E-state index contributed by atoms with van der Waals surface area (Å²) in [4.78, 5) is 62.8. The summed E-state index contributed by atoms with van der Waals surface area (Å²) < 4.78 is 27.8. The summed E-state index contributed by atoms with van der Waals surface area (Å²) in [7, 11) is 0. The highest BCUT2D eigenvalue weighted by Gasteiger charge is 2.53. The molecule has 3 aromatic rings. The third kappa shape index (κ3) is 8.57. The Labute approximate surface area is 247 Å². The lowest BCUT2D eigenvalue weighted by Gasteiger charge is -2.28. The summed E-state index contributed by atoms with van der Waals surface area (Å²) in [5.74, 6) is -3.48. The van der Waals surface area contributed by atoms with Gasteiger partial charge >= 0.3 is 23.9 Å². The highest BCUT2D eigenvalue weighted by molar-refractivity contribution is 5.91. The third-order valence-electron chi connectivity index (χ3n) is 6.45. The first-order valence-corrected chi connectivity index (χ1v) is 13.5. The molecule has 11 heteroatoms. The fourth-order valence-corrected chi connectivity index (χ4v) is 4.27. The number of aliphatic hydroxyl groups is 1. The lowest BCUT2D eigenvalue weighted by molar-refractivity contribution is -0.176. The number of benzene rings is 3. The molecule has 0 aromatic heterocycles. The molecule has 1 fully saturated rings. The van der Waals surface area contributed by atoms with Crippen molar-refractivity contribution in [3.63, 3.8) is 0 Å². The Morgan fingerprint density at radius 2 is 1.21 bits per heavy atom. The molecule has 0 amide bonds. The fraction of sp³-hybridized carbons (Fsp3) is 0.281. The number of rotatable bonds is 12. The van der Waals surface area contributed by atoms with E-state index >= 15 is 0 Å². The Balaban J connectivity index is 1.62. The van der Waals surface area contributed by atoms with Crippen LogP contribution < -0.4 is 0 Å². The average Bonchev–Trinajstić information content (AvgIpc) is 3.32. The summed E-state index contributed by atoms with van der Waals surface area (Å²) in [5, 5.41) is 10.8. The van der Waals surface area contributed by atoms with E-state index in [1.54, 1.807) is 54.6 Å². The molecule has 224 valence electrons. The molecule has 0 saturated carbocycles. The van der Waals surface area contributed by atoms with Crippen LogP contribution in [-0.4, -0.2) is 72.1 Å². The van der Waals surface area contributed by atoms with E-state index in [2.05, 4.69) is 0 Å². The molecule has 11 nitrogen and oxygen atoms in total. The Morgan fingerprint density at radius 1 is 0.698 bits per heavy atom. The molecule has 0 bridgehead atoms. The predicted molar refractivity (Wildman–Crippen MR) is 149 cm³/mol. The van der Waals surface area contributed by atoms with Gasteiger partial charge in [-0.25, -0.2) is 14.4 Å². The van der Waals surface area contributed by atoms with Crippen molar-refractivity contribution in [3.05, 3.63) is 108 Å². The molecule has 43 heavy (non-hydrogen) atoms. The van der Waals surface area contributed by atoms with E-state index in [4.69, 9.17) is 23.7 Å². The fourth-order valence-electron chi connectivity index (χ4n) is 4.27. The maximum Gasteiger partial charge on any atom is 0.338 e. The van der Waals surface area contributed by atoms with Gasteiger partial charge in [0.05, 0.1) is 23.1 Å². The number of aliphatic hydroxyl groups excluding tert-OH is 1. The molecule has 1 aliphatic heterocycles. The Hall–Kier alpha value is -4.87. The quantitative estimate of drug-likeness (QED) is 0.244. The van der Waals surface area contributed by atoms with Crippen molar-refractivity contribution in [1.29, 1.82) is 0 Å². The number of ether oxygens (including phenoxy) is 5. The first-order valence-electron chi connectivity index (χ1n) is 13.5. The van der Waals surface area contributed by atoms with Gasteiger partial charge in [-0.15, -0.1) is 0 Å². The molecule has 0 unspecified atom stereocenters. The van der Waals surface area contributed by atoms with Crippen molar-refractivity contribution in [3.8, 4) is 0 Å². The molecule has 1 N–H and O–H groups in total. The van der Waals surface area contributed by atoms with Crippen LogP contribution in [0.15, 0.2) is 91.0 Å². The van der Waals surface area contributed by atoms with Gasteiger partial charge < -0.3 is 33.6 Å². The topological polar surface area (TPSA) is 152 Å². The van der Waals surface area contributed by atoms with Crippen LogP contribution in [0.2, 0.25) is 0 Å². The third-order valence-corrected chi connectivity index (χ3v) is 6.45. The second-order valence-electron chi connectivity index (χ2n) is 9.66. The standard InChI is InChI=1S/C32H30O11/c1-20(33)17-18-25(34)41-28-27(43-31(37)23-15-9-4-10-16-23)26(42-32(28)38)24(40-30(36)22-13-7-3-8-14-22)19-39-29(35)21-11-5-2-6-12-21/h2-16,24,26-28,32,38H,17-19H2,1H3/t24-,26+,27+,28-,32+/m1/s1. The number of Topliss-reactive ketones (excluding diaryl/α,β-unsaturated/α-hetero) is 1. The highest BCUT2D eigenvalue weighted by atomic mass is 16.7. The van der Waals surface area contributed by atoms with E-state index in [9.17, 15) is 29.1 Å². The zero-order valence-corrected chi connectivity index (χ0v) is 23.2. The van der Waals surface area contributed by atoms with Gasteiger partial charge in [-0.1, -0.05) is 54.6 Å². The number of ketones is 1. The summed E-state index contributed by atoms with van der Waals surface area (Å²) in [6, 6.07) is 23.9. The largest absolute Gasteiger partial charge is 0.458 e. The van der Waals surface area contributed by atoms with Crippen LogP contribution in [0.25, 0.3) is 0 Å². The number of hydrogen-bond donors (Lipinski definition) is 1. The number of esters is 4. The van der Waals surface area contributed by atoms with Crippen molar-refractivity contribution in [2.45, 2.75) is 50.5 Å². The van der Waals surface area contributed by atoms with Gasteiger partial charge in [0, 0.05) is 6.42 Å². The Morgan fingerprint density at radius 3 is 1.74 bits per heavy atom. The summed E-state index contributed by atoms with van der Waals surface area (Å²) in [5.41, 5.74) is 0.551. The van der Waals surface area contributed by atoms with Crippen LogP contribution in [-0.2, 0) is 33.3 Å². The smallest absolute Gasteiger partial charge is 0.338 e. The van der Waals surface area contributed by atoms with Crippen LogP contribution in [0.4, 0.5) is 0 Å². The number of carbonyl (C=O) groups excluding carboxylic acids is 5. The number of carbonyl (C=O) groups is 5. The molecular weight excluding hydrogens is 560 g/mol. The van der Waals surface area contributed by atoms with Crippen molar-refractivity contribution in [2.24, 2.45) is 0 Å². The summed E-state index contributed by atoms with van der Waals surface area (Å²) in [6.07, 6.45) is -8.14. The maximum atomic E-state index is 13.1. The molecule has 1 aliphatic rings. The van der Waals surface area contributed by atoms with Crippen LogP contribution in [0.5, 0.6) is 0 Å². The van der Waals surface area contributed by atoms with Crippen LogP contribution in [0, 0.1) is 0 Å². The molecule has 5 atom stereocenters. The van der Waals surface area contributed by atoms with Crippen LogP contribution in [0.1, 0.15) is 50.8 Å². The zero-order chi connectivity index (χ0) is 30.8. The van der Waals surface area contributed by atoms with Crippen LogP contribution >= 0.6 is 0 Å². The maximum absolute atomic E-state index is 13.1. The molecule has 3 aromatic carbocycles. The van der Waals surface area contributed by atoms with Gasteiger partial charge in [0.25, 0.3) is 0 Å². The minimum atomic E-state index is -1.82. The molecule has 1 heterocycles. The molecular formula is C32H30O11. The average molecular weight is 591 g/mol. The SMILES string of the molecule is CC(=O)CCC(=O)O[C@@H]1[C@@H](OC(=O)c2ccccc2)[C@H]([C@@H](COC(=O)c2ccccc2)OC(=O)c2ccccc2)O[C@@H]1O. The van der Waals surface area contributed by atoms with Gasteiger partial charge in [-0.05, 0) is 43.3 Å². The minimum Gasteiger partial charge on any atom is -0.458 e. The monoisotopic (exact) mass is 590 g/mol. The Bertz CT molecular complexity index is 1410. The van der Waals surface area contributed by atoms with Crippen molar-refractivity contribution in [1.82, 2.24) is 0 Å². The first kappa shape index (κ1) is 31.1. The molecule has 1 saturated heterocycles. The molecule has 0 aliphatic carbocycles. The second kappa shape index (κ2) is 14.9. The summed E-state index contributed by atoms with van der Waals surface area (Å²) in [6.45, 7) is 0.748. The van der Waals surface area contributed by atoms with Crippen molar-refractivity contribution < 1.29 is 52.8 Å². The molecule has 0 spiro atoms. The normalized spacial score (nSPS) is 20.0. The van der Waals surface area contributed by atoms with Gasteiger partial charge in [0.2, 0.25) is 0 Å². The van der Waals surface area contributed by atoms with E-state index in [0.717, 1.165) is 0 Å². The minimum absolute atomic E-state index is 0.104. The van der Waals surface area contributed by atoms with Gasteiger partial charge in [-0.2, -0.15) is 0 Å². The van der Waals surface area contributed by atoms with Crippen LogP contribution in [0.3, 0.4) is 0 Å². The van der Waals surface area contributed by atoms with E-state index in [-0.39, 0.29) is 35.3 Å². The van der Waals surface area contributed by atoms with E-state index in [1.165, 1.54) is 43.3 Å². The predicted octanol–water partition coefficient (Wildman–Crippen LogP) is 3.29. The zero-order valence-electron chi connectivity index (χ0n) is 23.2. The van der Waals surface area contributed by atoms with Crippen molar-refractivity contribution in [2.75, 3.05) is 6.61 Å². The van der Waals surface area contributed by atoms with Crippen molar-refractivity contribution >= 4 is 29.7 Å². The first-order chi connectivity index (χ1) is 20.7. The van der Waals surface area contributed by atoms with E-state index in [1.807, 2.05) is 0 Å². The second-order valence-corrected chi connectivity index (χ2v) is 9.66. The van der Waals surface area contributed by atoms with Gasteiger partial charge in [0.1, 0.15) is 18.5 Å². The van der Waals surface area contributed by atoms with Gasteiger partial charge in [-0.3, -0.25) is 4.79 Å². The lowest BCUT2D eigenvalue weighted by Crippen LogP contribution is -2.47. The van der Waals surface area contributed by atoms with E-state index in [0.29, 0.717) is 0 Å².